The van der Waals surface area contributed by atoms with Gasteiger partial charge in [0.1, 0.15) is 5.82 Å². The second kappa shape index (κ2) is 10.5. The van der Waals surface area contributed by atoms with Gasteiger partial charge in [-0.1, -0.05) is 17.7 Å². The van der Waals surface area contributed by atoms with E-state index in [1.807, 2.05) is 0 Å². The van der Waals surface area contributed by atoms with E-state index in [2.05, 4.69) is 5.32 Å². The Morgan fingerprint density at radius 2 is 1.97 bits per heavy atom. The number of hydrogen-bond acceptors (Lipinski definition) is 5. The van der Waals surface area contributed by atoms with Crippen LogP contribution in [-0.2, 0) is 4.79 Å². The highest BCUT2D eigenvalue weighted by atomic mass is 35.5. The van der Waals surface area contributed by atoms with Gasteiger partial charge in [-0.25, -0.2) is 4.39 Å². The lowest BCUT2D eigenvalue weighted by Crippen LogP contribution is -2.22. The van der Waals surface area contributed by atoms with Crippen molar-refractivity contribution in [3.05, 3.63) is 80.1 Å². The molecule has 1 saturated carbocycles. The molecule has 32 heavy (non-hydrogen) atoms. The maximum absolute atomic E-state index is 14.2. The minimum absolute atomic E-state index is 0.0733. The lowest BCUT2D eigenvalue weighted by molar-refractivity contribution is -0.119. The largest absolute Gasteiger partial charge is 0.393 e. The van der Waals surface area contributed by atoms with Gasteiger partial charge in [0.25, 0.3) is 11.5 Å². The number of nitrogens with two attached hydrogens (primary N) is 1. The molecule has 7 nitrogen and oxygen atoms in total. The van der Waals surface area contributed by atoms with Gasteiger partial charge in [-0.15, -0.1) is 11.3 Å². The summed E-state index contributed by atoms with van der Waals surface area (Å²) in [6, 6.07) is 12.2. The fourth-order valence-electron chi connectivity index (χ4n) is 3.27. The smallest absolute Gasteiger partial charge is 0.258 e. The summed E-state index contributed by atoms with van der Waals surface area (Å²) in [5.74, 6) is -1.61. The van der Waals surface area contributed by atoms with E-state index in [4.69, 9.17) is 17.3 Å². The van der Waals surface area contributed by atoms with Crippen molar-refractivity contribution in [2.24, 2.45) is 11.7 Å². The average Bonchev–Trinajstić information content (AvgIpc) is 3.39. The summed E-state index contributed by atoms with van der Waals surface area (Å²) in [6.45, 7) is 0. The molecular weight excluding hydrogens is 457 g/mol. The molecule has 1 fully saturated rings. The first-order valence-corrected chi connectivity index (χ1v) is 11.0. The highest BCUT2D eigenvalue weighted by Crippen LogP contribution is 2.27. The summed E-state index contributed by atoms with van der Waals surface area (Å²) in [6.07, 6.45) is 2.70. The Morgan fingerprint density at radius 1 is 1.19 bits per heavy atom. The monoisotopic (exact) mass is 477 g/mol. The van der Waals surface area contributed by atoms with Crippen molar-refractivity contribution in [3.63, 3.8) is 0 Å². The number of aromatic nitrogens is 1. The van der Waals surface area contributed by atoms with Crippen molar-refractivity contribution in [2.45, 2.75) is 25.4 Å². The standard InChI is InChI=1S/C17H17FN2O3.C5H4ClNOS/c18-14-10-12(20-8-2-1-3-16(20)22)5-7-15(14)19-17(23)11-4-6-13(21)9-11;6-4-2-1-3(9-4)5(7)8/h1-3,5,7-8,10-11,13,21H,4,6,9H2,(H,19,23);1-2H,(H2,7,8). The summed E-state index contributed by atoms with van der Waals surface area (Å²) in [5, 5.41) is 12.0. The topological polar surface area (TPSA) is 114 Å². The van der Waals surface area contributed by atoms with Crippen LogP contribution in [0.25, 0.3) is 5.69 Å². The van der Waals surface area contributed by atoms with E-state index < -0.39 is 17.8 Å². The Morgan fingerprint density at radius 3 is 2.50 bits per heavy atom. The van der Waals surface area contributed by atoms with Crippen LogP contribution < -0.4 is 16.6 Å². The van der Waals surface area contributed by atoms with Crippen molar-refractivity contribution < 1.29 is 19.1 Å². The quantitative estimate of drug-likeness (QED) is 0.532. The van der Waals surface area contributed by atoms with E-state index in [1.165, 1.54) is 34.1 Å². The normalized spacial score (nSPS) is 17.3. The average molecular weight is 478 g/mol. The van der Waals surface area contributed by atoms with Crippen molar-refractivity contribution in [1.29, 1.82) is 0 Å². The fourth-order valence-corrected chi connectivity index (χ4v) is 4.17. The molecule has 168 valence electrons. The van der Waals surface area contributed by atoms with Crippen molar-refractivity contribution in [1.82, 2.24) is 4.57 Å². The number of hydrogen-bond donors (Lipinski definition) is 3. The molecule has 0 aliphatic heterocycles. The molecule has 10 heteroatoms. The second-order valence-electron chi connectivity index (χ2n) is 7.19. The van der Waals surface area contributed by atoms with E-state index in [-0.39, 0.29) is 23.1 Å². The fraction of sp³-hybridized carbons (Fsp3) is 0.227. The van der Waals surface area contributed by atoms with Gasteiger partial charge in [0.15, 0.2) is 0 Å². The van der Waals surface area contributed by atoms with Crippen LogP contribution >= 0.6 is 22.9 Å². The van der Waals surface area contributed by atoms with Crippen LogP contribution in [-0.4, -0.2) is 27.6 Å². The SMILES string of the molecule is NC(=O)c1ccc(Cl)s1.O=C(Nc1ccc(-n2ccccc2=O)cc1F)C1CCC(O)C1. The molecule has 0 radical (unpaired) electrons. The summed E-state index contributed by atoms with van der Waals surface area (Å²) in [7, 11) is 0. The number of halogens is 2. The maximum Gasteiger partial charge on any atom is 0.258 e. The predicted molar refractivity (Wildman–Crippen MR) is 122 cm³/mol. The number of pyridine rings is 1. The van der Waals surface area contributed by atoms with Crippen LogP contribution in [0.5, 0.6) is 0 Å². The van der Waals surface area contributed by atoms with Crippen LogP contribution in [0.1, 0.15) is 28.9 Å². The Kier molecular flexibility index (Phi) is 7.79. The molecule has 1 aliphatic rings. The van der Waals surface area contributed by atoms with Crippen LogP contribution in [0.3, 0.4) is 0 Å². The van der Waals surface area contributed by atoms with E-state index in [1.54, 1.807) is 36.5 Å². The van der Waals surface area contributed by atoms with Gasteiger partial charge in [-0.2, -0.15) is 0 Å². The Balaban J connectivity index is 0.000000269. The molecule has 3 aromatic rings. The molecule has 4 N–H and O–H groups in total. The van der Waals surface area contributed by atoms with Gasteiger partial charge in [0.2, 0.25) is 5.91 Å². The number of nitrogens with zero attached hydrogens (tertiary/aromatic N) is 1. The first-order valence-electron chi connectivity index (χ1n) is 9.76. The molecule has 0 bridgehead atoms. The first-order chi connectivity index (χ1) is 15.2. The maximum atomic E-state index is 14.2. The number of anilines is 1. The summed E-state index contributed by atoms with van der Waals surface area (Å²) < 4.78 is 16.1. The minimum atomic E-state index is -0.606. The van der Waals surface area contributed by atoms with Gasteiger partial charge in [-0.05, 0) is 49.6 Å². The highest BCUT2D eigenvalue weighted by molar-refractivity contribution is 7.17. The summed E-state index contributed by atoms with van der Waals surface area (Å²) >= 11 is 6.70. The van der Waals surface area contributed by atoms with Gasteiger partial charge in [-0.3, -0.25) is 19.0 Å². The van der Waals surface area contributed by atoms with Crippen molar-refractivity contribution >= 4 is 40.4 Å². The van der Waals surface area contributed by atoms with Crippen molar-refractivity contribution in [2.75, 3.05) is 5.32 Å². The van der Waals surface area contributed by atoms with Crippen LogP contribution in [0.15, 0.2) is 59.5 Å². The van der Waals surface area contributed by atoms with Gasteiger partial charge in [0, 0.05) is 24.2 Å². The number of amides is 2. The van der Waals surface area contributed by atoms with E-state index >= 15 is 0 Å². The van der Waals surface area contributed by atoms with Gasteiger partial charge in [0.05, 0.1) is 26.7 Å². The van der Waals surface area contributed by atoms with E-state index in [0.29, 0.717) is 34.2 Å². The predicted octanol–water partition coefficient (Wildman–Crippen LogP) is 3.58. The van der Waals surface area contributed by atoms with E-state index in [0.717, 1.165) is 0 Å². The second-order valence-corrected chi connectivity index (χ2v) is 8.91. The third kappa shape index (κ3) is 6.03. The number of primary amides is 1. The lowest BCUT2D eigenvalue weighted by Gasteiger charge is -2.12. The molecule has 0 saturated heterocycles. The number of aliphatic hydroxyl groups excluding tert-OH is 1. The zero-order valence-corrected chi connectivity index (χ0v) is 18.4. The number of thiophene rings is 1. The molecule has 0 spiro atoms. The molecule has 1 aromatic carbocycles. The van der Waals surface area contributed by atoms with Crippen LogP contribution in [0.4, 0.5) is 10.1 Å². The molecule has 1 aliphatic carbocycles. The third-order valence-electron chi connectivity index (χ3n) is 4.90. The summed E-state index contributed by atoms with van der Waals surface area (Å²) in [4.78, 5) is 34.7. The van der Waals surface area contributed by atoms with Gasteiger partial charge >= 0.3 is 0 Å². The van der Waals surface area contributed by atoms with Gasteiger partial charge < -0.3 is 16.2 Å². The first kappa shape index (κ1) is 23.6. The third-order valence-corrected chi connectivity index (χ3v) is 6.15. The zero-order valence-electron chi connectivity index (χ0n) is 16.8. The molecule has 2 heterocycles. The lowest BCUT2D eigenvalue weighted by atomic mass is 10.1. The molecule has 2 unspecified atom stereocenters. The van der Waals surface area contributed by atoms with Crippen LogP contribution in [0.2, 0.25) is 4.34 Å². The van der Waals surface area contributed by atoms with Crippen molar-refractivity contribution in [3.8, 4) is 5.69 Å². The number of rotatable bonds is 4. The Bertz CT molecular complexity index is 1180. The minimum Gasteiger partial charge on any atom is -0.393 e. The number of carbonyl (C=O) groups is 2. The number of carbonyl (C=O) groups excluding carboxylic acids is 2. The van der Waals surface area contributed by atoms with E-state index in [9.17, 15) is 23.9 Å². The number of nitrogens with one attached hydrogen (secondary N) is 1. The highest BCUT2D eigenvalue weighted by Gasteiger charge is 2.29. The molecular formula is C22H21ClFN3O4S. The molecule has 4 rings (SSSR count). The molecule has 2 amide bonds. The summed E-state index contributed by atoms with van der Waals surface area (Å²) in [5.41, 5.74) is 5.14. The zero-order chi connectivity index (χ0) is 23.3. The Hall–Kier alpha value is -3.01. The number of benzene rings is 1. The Labute approximate surface area is 192 Å². The van der Waals surface area contributed by atoms with Crippen LogP contribution in [0, 0.1) is 11.7 Å². The molecule has 2 aromatic heterocycles. The molecule has 2 atom stereocenters. The number of aliphatic hydroxyl groups is 1.